The van der Waals surface area contributed by atoms with E-state index in [0.29, 0.717) is 28.1 Å². The number of aromatic nitrogens is 1. The van der Waals surface area contributed by atoms with Gasteiger partial charge in [0.25, 0.3) is 5.91 Å². The first-order valence-electron chi connectivity index (χ1n) is 14.2. The molecule has 4 rings (SSSR count). The number of nitrogens with one attached hydrogen (secondary N) is 1. The molecule has 0 saturated heterocycles. The number of aliphatic hydroxyl groups is 2. The van der Waals surface area contributed by atoms with Crippen LogP contribution in [0.4, 0.5) is 10.1 Å². The molecule has 4 aromatic rings. The summed E-state index contributed by atoms with van der Waals surface area (Å²) in [6.45, 7) is 4.22. The molecule has 3 aromatic carbocycles. The van der Waals surface area contributed by atoms with Crippen molar-refractivity contribution in [3.05, 3.63) is 102 Å². The molecule has 0 bridgehead atoms. The molecule has 0 saturated carbocycles. The van der Waals surface area contributed by atoms with Crippen molar-refractivity contribution in [2.75, 3.05) is 5.32 Å². The summed E-state index contributed by atoms with van der Waals surface area (Å²) in [5.74, 6) is 3.55. The van der Waals surface area contributed by atoms with E-state index in [4.69, 9.17) is 10.4 Å². The number of carboxylic acid groups (broad SMARTS) is 1. The van der Waals surface area contributed by atoms with E-state index < -0.39 is 30.4 Å². The van der Waals surface area contributed by atoms with E-state index in [-0.39, 0.29) is 31.2 Å². The quantitative estimate of drug-likeness (QED) is 0.116. The van der Waals surface area contributed by atoms with Crippen molar-refractivity contribution in [2.45, 2.75) is 57.8 Å². The van der Waals surface area contributed by atoms with Crippen molar-refractivity contribution in [1.82, 2.24) is 4.57 Å². The lowest BCUT2D eigenvalue weighted by Crippen LogP contribution is -2.42. The minimum absolute atomic E-state index is 0.121. The molecule has 2 atom stereocenters. The summed E-state index contributed by atoms with van der Waals surface area (Å²) < 4.78 is 16.0. The van der Waals surface area contributed by atoms with Crippen molar-refractivity contribution in [1.29, 1.82) is 0 Å². The Labute approximate surface area is 261 Å². The average molecular weight is 625 g/mol. The lowest BCUT2D eigenvalue weighted by atomic mass is 9.94. The maximum atomic E-state index is 14.0. The van der Waals surface area contributed by atoms with Crippen LogP contribution >= 0.6 is 0 Å². The second-order valence-electron chi connectivity index (χ2n) is 10.4. The molecule has 10 N–H and O–H groups in total. The van der Waals surface area contributed by atoms with Gasteiger partial charge in [-0.1, -0.05) is 62.4 Å². The Kier molecular flexibility index (Phi) is 15.0. The number of carbonyl (C=O) groups excluding carboxylic acids is 2. The molecule has 1 aromatic heterocycles. The maximum Gasteiger partial charge on any atom is 0.258 e. The highest BCUT2D eigenvalue weighted by molar-refractivity contribution is 6.12. The monoisotopic (exact) mass is 624 g/mol. The number of quaternary nitrogens is 1. The Morgan fingerprint density at radius 2 is 1.44 bits per heavy atom. The van der Waals surface area contributed by atoms with Crippen LogP contribution in [0.15, 0.2) is 84.9 Å². The summed E-state index contributed by atoms with van der Waals surface area (Å²) >= 11 is 0. The van der Waals surface area contributed by atoms with E-state index in [1.807, 2.05) is 66.9 Å². The molecule has 45 heavy (non-hydrogen) atoms. The van der Waals surface area contributed by atoms with Gasteiger partial charge in [-0.2, -0.15) is 0 Å². The first-order chi connectivity index (χ1) is 21.7. The fourth-order valence-corrected chi connectivity index (χ4v) is 5.19. The summed E-state index contributed by atoms with van der Waals surface area (Å²) in [5, 5.41) is 47.9. The van der Waals surface area contributed by atoms with E-state index in [9.17, 15) is 29.3 Å². The molecule has 0 fully saturated rings. The van der Waals surface area contributed by atoms with Crippen molar-refractivity contribution in [3.63, 3.8) is 0 Å². The number of aliphatic hydroxyl groups excluding tert-OH is 2. The van der Waals surface area contributed by atoms with E-state index >= 15 is 0 Å². The van der Waals surface area contributed by atoms with Crippen LogP contribution in [0.1, 0.15) is 55.1 Å². The predicted octanol–water partition coefficient (Wildman–Crippen LogP) is 2.93. The summed E-state index contributed by atoms with van der Waals surface area (Å²) in [6.07, 6.45) is -2.77. The smallest absolute Gasteiger partial charge is 0.258 e. The van der Waals surface area contributed by atoms with Gasteiger partial charge >= 0.3 is 0 Å². The Morgan fingerprint density at radius 1 is 0.889 bits per heavy atom. The van der Waals surface area contributed by atoms with E-state index in [1.54, 1.807) is 24.3 Å². The third-order valence-electron chi connectivity index (χ3n) is 6.92. The highest BCUT2D eigenvalue weighted by atomic mass is 19.1. The summed E-state index contributed by atoms with van der Waals surface area (Å²) in [6, 6.07) is 24.7. The number of hydrogen-bond donors (Lipinski definition) is 7. The van der Waals surface area contributed by atoms with Gasteiger partial charge in [0.1, 0.15) is 5.82 Å². The summed E-state index contributed by atoms with van der Waals surface area (Å²) in [7, 11) is 0. The van der Waals surface area contributed by atoms with E-state index in [1.165, 1.54) is 12.1 Å². The minimum Gasteiger partial charge on any atom is -0.550 e. The summed E-state index contributed by atoms with van der Waals surface area (Å²) in [4.78, 5) is 24.9. The van der Waals surface area contributed by atoms with E-state index in [0.717, 1.165) is 11.3 Å². The molecule has 1 amide bonds. The van der Waals surface area contributed by atoms with Crippen LogP contribution in [-0.4, -0.2) is 49.3 Å². The lowest BCUT2D eigenvalue weighted by Gasteiger charge is -2.20. The number of carboxylic acids is 1. The molecule has 0 aliphatic carbocycles. The number of benzene rings is 3. The molecule has 12 heteroatoms. The molecule has 11 nitrogen and oxygen atoms in total. The van der Waals surface area contributed by atoms with Crippen LogP contribution in [0, 0.1) is 5.82 Å². The Balaban J connectivity index is 0.00000169. The van der Waals surface area contributed by atoms with Gasteiger partial charge in [-0.15, -0.1) is 0 Å². The van der Waals surface area contributed by atoms with Crippen LogP contribution in [0.3, 0.4) is 0 Å². The van der Waals surface area contributed by atoms with Gasteiger partial charge in [-0.25, -0.2) is 21.4 Å². The van der Waals surface area contributed by atoms with Crippen LogP contribution in [0.2, 0.25) is 0 Å². The molecular formula is C33H41FN4O7. The molecule has 0 aliphatic rings. The van der Waals surface area contributed by atoms with Crippen molar-refractivity contribution >= 4 is 17.6 Å². The first-order valence-corrected chi connectivity index (χ1v) is 14.2. The van der Waals surface area contributed by atoms with Gasteiger partial charge < -0.3 is 35.2 Å². The number of carbonyl (C=O) groups is 2. The second-order valence-corrected chi connectivity index (χ2v) is 10.4. The topological polar surface area (TPSA) is 209 Å². The zero-order valence-corrected chi connectivity index (χ0v) is 25.3. The third-order valence-corrected chi connectivity index (χ3v) is 6.92. The van der Waals surface area contributed by atoms with Crippen LogP contribution in [-0.2, 0) is 11.3 Å². The van der Waals surface area contributed by atoms with Gasteiger partial charge in [-0.05, 0) is 66.3 Å². The standard InChI is InChI=1S/C33H35FN2O5.H4NO.H3NO/c1-21(2)31-30(33(41)35-25-11-7-4-8-12-25)29(22-9-5-3-6-10-22)32(23-13-15-24(34)16-14-23)36(31)18-17-26(37)19-27(38)20-28(39)40;2*1-2/h3-16,21,26-27,37-38H,17-20H2,1-2H3,(H,35,41)(H,39,40);2H,1H3;2H,1H2/q;+1;/p-1/t26-,27-;;/m1../s1. The number of hydrogen-bond acceptors (Lipinski definition) is 8. The number of halogens is 1. The number of anilines is 1. The zero-order valence-electron chi connectivity index (χ0n) is 25.3. The normalized spacial score (nSPS) is 11.9. The van der Waals surface area contributed by atoms with Crippen LogP contribution in [0.5, 0.6) is 0 Å². The first kappa shape index (κ1) is 36.8. The van der Waals surface area contributed by atoms with Gasteiger partial charge in [-0.3, -0.25) is 4.79 Å². The van der Waals surface area contributed by atoms with Gasteiger partial charge in [0, 0.05) is 35.9 Å². The maximum absolute atomic E-state index is 14.0. The predicted molar refractivity (Wildman–Crippen MR) is 165 cm³/mol. The van der Waals surface area contributed by atoms with Crippen molar-refractivity contribution in [3.8, 4) is 22.4 Å². The molecule has 0 spiro atoms. The number of rotatable bonds is 12. The zero-order chi connectivity index (χ0) is 33.5. The van der Waals surface area contributed by atoms with E-state index in [2.05, 4.69) is 17.1 Å². The number of para-hydroxylation sites is 1. The fourth-order valence-electron chi connectivity index (χ4n) is 5.19. The number of nitrogens with two attached hydrogens (primary N) is 1. The minimum atomic E-state index is -1.39. The molecule has 1 heterocycles. The van der Waals surface area contributed by atoms with Crippen molar-refractivity contribution in [2.24, 2.45) is 5.90 Å². The number of aliphatic carboxylic acids is 1. The highest BCUT2D eigenvalue weighted by Gasteiger charge is 2.30. The lowest BCUT2D eigenvalue weighted by molar-refractivity contribution is -0.670. The molecule has 0 radical (unpaired) electrons. The SMILES string of the molecule is CC(C)c1c(C(=O)Nc2ccccc2)c(-c2ccccc2)c(-c2ccc(F)cc2)n1CC[C@@H](O)C[C@@H](O)CC(=O)[O-].NO.[NH3+]O. The fraction of sp³-hybridized carbons (Fsp3) is 0.273. The number of amides is 1. The highest BCUT2D eigenvalue weighted by Crippen LogP contribution is 2.42. The Bertz CT molecular complexity index is 1480. The molecular weight excluding hydrogens is 583 g/mol. The molecule has 242 valence electrons. The molecule has 0 unspecified atom stereocenters. The average Bonchev–Trinajstić information content (AvgIpc) is 3.38. The Hall–Kier alpha value is -4.43. The third kappa shape index (κ3) is 10.0. The molecule has 0 aliphatic heterocycles. The van der Waals surface area contributed by atoms with Gasteiger partial charge in [0.15, 0.2) is 0 Å². The Morgan fingerprint density at radius 3 is 1.98 bits per heavy atom. The number of nitrogens with zero attached hydrogens (tertiary/aromatic N) is 1. The van der Waals surface area contributed by atoms with Gasteiger partial charge in [0.2, 0.25) is 0 Å². The van der Waals surface area contributed by atoms with Crippen molar-refractivity contribution < 1.29 is 45.6 Å². The largest absolute Gasteiger partial charge is 0.550 e. The van der Waals surface area contributed by atoms with Crippen LogP contribution in [0.25, 0.3) is 22.4 Å². The van der Waals surface area contributed by atoms with Gasteiger partial charge in [0.05, 0.1) is 23.5 Å². The van der Waals surface area contributed by atoms with Crippen LogP contribution < -0.4 is 22.2 Å². The summed E-state index contributed by atoms with van der Waals surface area (Å²) in [5.41, 5.74) is 4.72. The second kappa shape index (κ2) is 18.4.